The largest absolute Gasteiger partial charge is 0.300 e. The second kappa shape index (κ2) is 3.58. The summed E-state index contributed by atoms with van der Waals surface area (Å²) in [6.07, 6.45) is 5.47. The molecule has 1 aromatic rings. The highest BCUT2D eigenvalue weighted by Gasteiger charge is 2.50. The summed E-state index contributed by atoms with van der Waals surface area (Å²) in [6, 6.07) is 9.00. The minimum absolute atomic E-state index is 0.442. The van der Waals surface area contributed by atoms with E-state index < -0.39 is 0 Å². The molecule has 0 amide bonds. The molecule has 17 heavy (non-hydrogen) atoms. The van der Waals surface area contributed by atoms with Crippen LogP contribution in [0.1, 0.15) is 43.7 Å². The maximum atomic E-state index is 2.60. The maximum Gasteiger partial charge on any atom is 0.0179 e. The Morgan fingerprint density at radius 2 is 1.71 bits per heavy atom. The molecule has 4 rings (SSSR count). The Balaban J connectivity index is 2.01. The van der Waals surface area contributed by atoms with Gasteiger partial charge in [-0.15, -0.1) is 0 Å². The van der Waals surface area contributed by atoms with Crippen LogP contribution in [0.15, 0.2) is 24.3 Å². The van der Waals surface area contributed by atoms with E-state index in [1.54, 1.807) is 5.56 Å². The fourth-order valence-electron chi connectivity index (χ4n) is 3.97. The number of likely N-dealkylation sites (N-methyl/N-ethyl adjacent to an activating group) is 1. The van der Waals surface area contributed by atoms with Crippen LogP contribution in [0, 0.1) is 6.92 Å². The normalized spacial score (nSPS) is 37.4. The average Bonchev–Trinajstić information content (AvgIpc) is 2.32. The second-order valence-electron chi connectivity index (χ2n) is 6.45. The Kier molecular flexibility index (Phi) is 2.38. The zero-order chi connectivity index (χ0) is 12.1. The number of hydrogen-bond donors (Lipinski definition) is 0. The summed E-state index contributed by atoms with van der Waals surface area (Å²) in [7, 11) is 2.31. The number of fused-ring (bicyclic) bond motifs is 3. The van der Waals surface area contributed by atoms with Crippen molar-refractivity contribution in [2.75, 3.05) is 13.6 Å². The maximum absolute atomic E-state index is 2.60. The minimum atomic E-state index is 0.442. The third-order valence-electron chi connectivity index (χ3n) is 5.46. The van der Waals surface area contributed by atoms with Crippen LogP contribution in [0.25, 0.3) is 0 Å². The zero-order valence-electron chi connectivity index (χ0n) is 11.3. The predicted molar refractivity (Wildman–Crippen MR) is 72.4 cm³/mol. The second-order valence-corrected chi connectivity index (χ2v) is 6.45. The molecule has 0 atom stereocenters. The lowest BCUT2D eigenvalue weighted by Crippen LogP contribution is -2.61. The minimum Gasteiger partial charge on any atom is -0.300 e. The van der Waals surface area contributed by atoms with Crippen molar-refractivity contribution in [2.45, 2.75) is 50.5 Å². The Morgan fingerprint density at radius 1 is 1.06 bits per heavy atom. The van der Waals surface area contributed by atoms with Gasteiger partial charge in [-0.1, -0.05) is 24.3 Å². The Labute approximate surface area is 105 Å². The predicted octanol–water partition coefficient (Wildman–Crippen LogP) is 3.51. The van der Waals surface area contributed by atoms with Gasteiger partial charge in [0.2, 0.25) is 0 Å². The van der Waals surface area contributed by atoms with Gasteiger partial charge in [0, 0.05) is 17.5 Å². The van der Waals surface area contributed by atoms with Gasteiger partial charge in [0.15, 0.2) is 0 Å². The van der Waals surface area contributed by atoms with E-state index in [0.29, 0.717) is 11.0 Å². The summed E-state index contributed by atoms with van der Waals surface area (Å²) in [5.41, 5.74) is 4.00. The Bertz CT molecular complexity index is 427. The molecule has 0 aromatic heterocycles. The standard InChI is InChI=1S/C16H23N/c1-13-6-4-5-7-14(13)16-10-8-15(2,9-11-16)17(3)12-16/h4-7H,8-12H2,1-3H3. The Hall–Kier alpha value is -0.820. The lowest BCUT2D eigenvalue weighted by molar-refractivity contribution is -0.0224. The fourth-order valence-corrected chi connectivity index (χ4v) is 3.97. The molecular formula is C16H23N. The highest BCUT2D eigenvalue weighted by Crippen LogP contribution is 2.51. The lowest BCUT2D eigenvalue weighted by atomic mass is 9.59. The number of aryl methyl sites for hydroxylation is 1. The molecule has 2 aliphatic heterocycles. The fraction of sp³-hybridized carbons (Fsp3) is 0.625. The van der Waals surface area contributed by atoms with Crippen LogP contribution in [0.5, 0.6) is 0 Å². The number of rotatable bonds is 1. The summed E-state index contributed by atoms with van der Waals surface area (Å²) in [6.45, 7) is 5.95. The van der Waals surface area contributed by atoms with Crippen molar-refractivity contribution in [3.63, 3.8) is 0 Å². The van der Waals surface area contributed by atoms with Gasteiger partial charge >= 0.3 is 0 Å². The van der Waals surface area contributed by atoms with Crippen molar-refractivity contribution in [3.05, 3.63) is 35.4 Å². The summed E-state index contributed by atoms with van der Waals surface area (Å²) < 4.78 is 0. The molecule has 3 aliphatic rings. The van der Waals surface area contributed by atoms with Gasteiger partial charge in [0.1, 0.15) is 0 Å². The molecule has 1 aromatic carbocycles. The molecule has 92 valence electrons. The molecule has 0 N–H and O–H groups in total. The SMILES string of the molecule is Cc1ccccc1C12CCC(C)(CC1)N(C)C2. The third kappa shape index (κ3) is 1.55. The van der Waals surface area contributed by atoms with Gasteiger partial charge in [-0.2, -0.15) is 0 Å². The van der Waals surface area contributed by atoms with Crippen LogP contribution in [0.2, 0.25) is 0 Å². The van der Waals surface area contributed by atoms with E-state index in [0.717, 1.165) is 0 Å². The monoisotopic (exact) mass is 229 g/mol. The van der Waals surface area contributed by atoms with E-state index >= 15 is 0 Å². The van der Waals surface area contributed by atoms with E-state index in [9.17, 15) is 0 Å². The van der Waals surface area contributed by atoms with Crippen LogP contribution < -0.4 is 0 Å². The van der Waals surface area contributed by atoms with Crippen molar-refractivity contribution in [2.24, 2.45) is 0 Å². The number of benzene rings is 1. The summed E-state index contributed by atoms with van der Waals surface area (Å²) in [5, 5.41) is 0. The van der Waals surface area contributed by atoms with Gasteiger partial charge in [-0.3, -0.25) is 0 Å². The summed E-state index contributed by atoms with van der Waals surface area (Å²) in [4.78, 5) is 2.60. The van der Waals surface area contributed by atoms with Gasteiger partial charge in [0.05, 0.1) is 0 Å². The number of hydrogen-bond acceptors (Lipinski definition) is 1. The van der Waals surface area contributed by atoms with E-state index in [2.05, 4.69) is 50.1 Å². The number of piperidine rings is 2. The summed E-state index contributed by atoms with van der Waals surface area (Å²) in [5.74, 6) is 0. The van der Waals surface area contributed by atoms with Gasteiger partial charge in [-0.25, -0.2) is 0 Å². The molecule has 2 saturated heterocycles. The smallest absolute Gasteiger partial charge is 0.0179 e. The van der Waals surface area contributed by atoms with Crippen LogP contribution in [0.3, 0.4) is 0 Å². The highest BCUT2D eigenvalue weighted by atomic mass is 15.2. The van der Waals surface area contributed by atoms with E-state index in [1.165, 1.54) is 37.8 Å². The molecule has 3 fully saturated rings. The molecule has 2 bridgehead atoms. The van der Waals surface area contributed by atoms with Crippen molar-refractivity contribution >= 4 is 0 Å². The first kappa shape index (κ1) is 11.3. The molecule has 1 heteroatoms. The van der Waals surface area contributed by atoms with E-state index in [-0.39, 0.29) is 0 Å². The quantitative estimate of drug-likeness (QED) is 0.712. The summed E-state index contributed by atoms with van der Waals surface area (Å²) >= 11 is 0. The average molecular weight is 229 g/mol. The zero-order valence-corrected chi connectivity index (χ0v) is 11.3. The van der Waals surface area contributed by atoms with Gasteiger partial charge < -0.3 is 4.90 Å². The van der Waals surface area contributed by atoms with Crippen molar-refractivity contribution in [3.8, 4) is 0 Å². The topological polar surface area (TPSA) is 3.24 Å². The Morgan fingerprint density at radius 3 is 2.29 bits per heavy atom. The molecule has 1 nitrogen and oxygen atoms in total. The molecule has 2 heterocycles. The molecule has 0 spiro atoms. The van der Waals surface area contributed by atoms with Gasteiger partial charge in [-0.05, 0) is 57.7 Å². The van der Waals surface area contributed by atoms with E-state index in [4.69, 9.17) is 0 Å². The molecule has 0 radical (unpaired) electrons. The van der Waals surface area contributed by atoms with Gasteiger partial charge in [0.25, 0.3) is 0 Å². The third-order valence-corrected chi connectivity index (χ3v) is 5.46. The van der Waals surface area contributed by atoms with Crippen molar-refractivity contribution < 1.29 is 0 Å². The van der Waals surface area contributed by atoms with Crippen LogP contribution in [-0.4, -0.2) is 24.0 Å². The highest BCUT2D eigenvalue weighted by molar-refractivity contribution is 5.36. The van der Waals surface area contributed by atoms with Crippen LogP contribution in [0.4, 0.5) is 0 Å². The molecule has 0 unspecified atom stereocenters. The number of nitrogens with zero attached hydrogens (tertiary/aromatic N) is 1. The first-order valence-corrected chi connectivity index (χ1v) is 6.83. The van der Waals surface area contributed by atoms with Crippen molar-refractivity contribution in [1.29, 1.82) is 0 Å². The van der Waals surface area contributed by atoms with Crippen LogP contribution in [-0.2, 0) is 5.41 Å². The van der Waals surface area contributed by atoms with E-state index in [1.807, 2.05) is 0 Å². The lowest BCUT2D eigenvalue weighted by Gasteiger charge is -2.58. The molecule has 1 saturated carbocycles. The first-order chi connectivity index (χ1) is 8.06. The first-order valence-electron chi connectivity index (χ1n) is 6.83. The van der Waals surface area contributed by atoms with Crippen LogP contribution >= 0.6 is 0 Å². The van der Waals surface area contributed by atoms with Crippen molar-refractivity contribution in [1.82, 2.24) is 4.90 Å². The molecular weight excluding hydrogens is 206 g/mol. The molecule has 1 aliphatic carbocycles.